The second-order valence-corrected chi connectivity index (χ2v) is 6.93. The lowest BCUT2D eigenvalue weighted by atomic mass is 9.78. The van der Waals surface area contributed by atoms with Crippen molar-refractivity contribution in [2.75, 3.05) is 6.54 Å². The van der Waals surface area contributed by atoms with Crippen molar-refractivity contribution in [1.29, 1.82) is 0 Å². The normalized spacial score (nSPS) is 20.5. The Morgan fingerprint density at radius 3 is 2.28 bits per heavy atom. The molecular formula is C17H35N. The number of nitrogens with one attached hydrogen (secondary N) is 1. The summed E-state index contributed by atoms with van der Waals surface area (Å²) < 4.78 is 0. The largest absolute Gasteiger partial charge is 0.313 e. The van der Waals surface area contributed by atoms with Crippen LogP contribution >= 0.6 is 0 Å². The maximum absolute atomic E-state index is 3.89. The average molecular weight is 253 g/mol. The van der Waals surface area contributed by atoms with Gasteiger partial charge in [-0.3, -0.25) is 0 Å². The smallest absolute Gasteiger partial charge is 0.00646 e. The van der Waals surface area contributed by atoms with Gasteiger partial charge in [0.2, 0.25) is 0 Å². The molecule has 0 aromatic heterocycles. The van der Waals surface area contributed by atoms with E-state index >= 15 is 0 Å². The van der Waals surface area contributed by atoms with Crippen molar-refractivity contribution in [3.8, 4) is 0 Å². The molecule has 0 saturated heterocycles. The first-order valence-corrected chi connectivity index (χ1v) is 8.35. The van der Waals surface area contributed by atoms with Crippen molar-refractivity contribution >= 4 is 0 Å². The fourth-order valence-electron chi connectivity index (χ4n) is 3.71. The molecule has 1 rings (SSSR count). The summed E-state index contributed by atoms with van der Waals surface area (Å²) in [6.45, 7) is 10.7. The van der Waals surface area contributed by atoms with Crippen molar-refractivity contribution in [3.63, 3.8) is 0 Å². The van der Waals surface area contributed by atoms with Crippen molar-refractivity contribution in [3.05, 3.63) is 0 Å². The maximum Gasteiger partial charge on any atom is 0.00646 e. The van der Waals surface area contributed by atoms with Crippen LogP contribution in [0.2, 0.25) is 0 Å². The average Bonchev–Trinajstić information content (AvgIpc) is 2.77. The number of unbranched alkanes of at least 4 members (excludes halogenated alkanes) is 1. The highest BCUT2D eigenvalue weighted by Gasteiger charge is 2.34. The van der Waals surface area contributed by atoms with E-state index in [0.29, 0.717) is 5.41 Å². The predicted octanol–water partition coefficient (Wildman–Crippen LogP) is 5.15. The quantitative estimate of drug-likeness (QED) is 0.599. The van der Waals surface area contributed by atoms with Crippen LogP contribution in [0.1, 0.15) is 85.5 Å². The predicted molar refractivity (Wildman–Crippen MR) is 82.0 cm³/mol. The monoisotopic (exact) mass is 253 g/mol. The van der Waals surface area contributed by atoms with Crippen LogP contribution in [0.5, 0.6) is 0 Å². The van der Waals surface area contributed by atoms with Gasteiger partial charge in [-0.1, -0.05) is 53.4 Å². The zero-order valence-corrected chi connectivity index (χ0v) is 13.2. The molecule has 1 unspecified atom stereocenters. The molecule has 1 heteroatoms. The third-order valence-electron chi connectivity index (χ3n) is 4.67. The Labute approximate surface area is 115 Å². The first kappa shape index (κ1) is 16.0. The van der Waals surface area contributed by atoms with E-state index < -0.39 is 0 Å². The molecule has 1 aliphatic rings. The topological polar surface area (TPSA) is 12.0 Å². The molecule has 0 aromatic carbocycles. The lowest BCUT2D eigenvalue weighted by Gasteiger charge is -2.33. The lowest BCUT2D eigenvalue weighted by Crippen LogP contribution is -2.39. The summed E-state index contributed by atoms with van der Waals surface area (Å²) in [5.74, 6) is 0.848. The Kier molecular flexibility index (Phi) is 7.29. The van der Waals surface area contributed by atoms with Crippen molar-refractivity contribution < 1.29 is 0 Å². The summed E-state index contributed by atoms with van der Waals surface area (Å²) in [6.07, 6.45) is 12.6. The number of hydrogen-bond donors (Lipinski definition) is 1. The Morgan fingerprint density at radius 2 is 1.78 bits per heavy atom. The van der Waals surface area contributed by atoms with Gasteiger partial charge in [-0.15, -0.1) is 0 Å². The first-order valence-electron chi connectivity index (χ1n) is 8.35. The molecule has 0 bridgehead atoms. The highest BCUT2D eigenvalue weighted by atomic mass is 14.9. The highest BCUT2D eigenvalue weighted by molar-refractivity contribution is 4.88. The van der Waals surface area contributed by atoms with Gasteiger partial charge < -0.3 is 5.32 Å². The Hall–Kier alpha value is -0.0400. The van der Waals surface area contributed by atoms with Crippen LogP contribution in [0, 0.1) is 11.3 Å². The molecule has 1 aliphatic carbocycles. The molecule has 1 saturated carbocycles. The molecule has 1 N–H and O–H groups in total. The molecule has 0 amide bonds. The first-order chi connectivity index (χ1) is 8.62. The van der Waals surface area contributed by atoms with Gasteiger partial charge in [0, 0.05) is 12.6 Å². The van der Waals surface area contributed by atoms with Crippen molar-refractivity contribution in [2.24, 2.45) is 11.3 Å². The van der Waals surface area contributed by atoms with E-state index in [1.807, 2.05) is 0 Å². The van der Waals surface area contributed by atoms with Crippen LogP contribution in [0.25, 0.3) is 0 Å². The number of hydrogen-bond acceptors (Lipinski definition) is 1. The Balaban J connectivity index is 2.40. The molecule has 1 fully saturated rings. The van der Waals surface area contributed by atoms with E-state index in [0.717, 1.165) is 12.0 Å². The van der Waals surface area contributed by atoms with E-state index in [-0.39, 0.29) is 0 Å². The van der Waals surface area contributed by atoms with E-state index in [1.54, 1.807) is 0 Å². The van der Waals surface area contributed by atoms with Gasteiger partial charge in [0.25, 0.3) is 0 Å². The Bertz CT molecular complexity index is 204. The maximum atomic E-state index is 3.89. The van der Waals surface area contributed by atoms with Crippen molar-refractivity contribution in [1.82, 2.24) is 5.32 Å². The third kappa shape index (κ3) is 5.30. The SMILES string of the molecule is CCCCC(CC)NCC1(CC(C)C)CCCC1. The van der Waals surface area contributed by atoms with Gasteiger partial charge in [-0.05, 0) is 43.4 Å². The molecule has 1 nitrogen and oxygen atoms in total. The molecule has 0 aliphatic heterocycles. The second kappa shape index (κ2) is 8.19. The van der Waals surface area contributed by atoms with Gasteiger partial charge in [0.15, 0.2) is 0 Å². The van der Waals surface area contributed by atoms with E-state index in [4.69, 9.17) is 0 Å². The van der Waals surface area contributed by atoms with Crippen LogP contribution in [-0.2, 0) is 0 Å². The molecule has 0 aromatic rings. The number of rotatable bonds is 9. The van der Waals surface area contributed by atoms with Gasteiger partial charge in [-0.2, -0.15) is 0 Å². The van der Waals surface area contributed by atoms with Gasteiger partial charge in [0.05, 0.1) is 0 Å². The second-order valence-electron chi connectivity index (χ2n) is 6.93. The molecule has 1 atom stereocenters. The van der Waals surface area contributed by atoms with Crippen LogP contribution in [0.15, 0.2) is 0 Å². The minimum absolute atomic E-state index is 0.633. The van der Waals surface area contributed by atoms with Crippen LogP contribution in [0.3, 0.4) is 0 Å². The fourth-order valence-corrected chi connectivity index (χ4v) is 3.71. The lowest BCUT2D eigenvalue weighted by molar-refractivity contribution is 0.211. The minimum atomic E-state index is 0.633. The highest BCUT2D eigenvalue weighted by Crippen LogP contribution is 2.42. The van der Waals surface area contributed by atoms with Gasteiger partial charge in [-0.25, -0.2) is 0 Å². The summed E-state index contributed by atoms with van der Waals surface area (Å²) >= 11 is 0. The molecule has 0 heterocycles. The van der Waals surface area contributed by atoms with Crippen molar-refractivity contribution in [2.45, 2.75) is 91.5 Å². The van der Waals surface area contributed by atoms with Crippen LogP contribution in [-0.4, -0.2) is 12.6 Å². The standard InChI is InChI=1S/C17H35N/c1-5-7-10-16(6-2)18-14-17(13-15(3)4)11-8-9-12-17/h15-16,18H,5-14H2,1-4H3. The third-order valence-corrected chi connectivity index (χ3v) is 4.67. The minimum Gasteiger partial charge on any atom is -0.313 e. The summed E-state index contributed by atoms with van der Waals surface area (Å²) in [6, 6.07) is 0.759. The van der Waals surface area contributed by atoms with E-state index in [9.17, 15) is 0 Å². The van der Waals surface area contributed by atoms with Crippen LogP contribution in [0.4, 0.5) is 0 Å². The van der Waals surface area contributed by atoms with Crippen LogP contribution < -0.4 is 5.32 Å². The summed E-state index contributed by atoms with van der Waals surface area (Å²) in [5, 5.41) is 3.89. The summed E-state index contributed by atoms with van der Waals surface area (Å²) in [4.78, 5) is 0. The molecule has 0 radical (unpaired) electrons. The van der Waals surface area contributed by atoms with E-state index in [1.165, 1.54) is 64.3 Å². The molecule has 18 heavy (non-hydrogen) atoms. The van der Waals surface area contributed by atoms with Gasteiger partial charge >= 0.3 is 0 Å². The molecular weight excluding hydrogens is 218 g/mol. The van der Waals surface area contributed by atoms with E-state index in [2.05, 4.69) is 33.0 Å². The summed E-state index contributed by atoms with van der Waals surface area (Å²) in [5.41, 5.74) is 0.633. The Morgan fingerprint density at radius 1 is 1.11 bits per heavy atom. The summed E-state index contributed by atoms with van der Waals surface area (Å²) in [7, 11) is 0. The zero-order valence-electron chi connectivity index (χ0n) is 13.2. The van der Waals surface area contributed by atoms with Gasteiger partial charge in [0.1, 0.15) is 0 Å². The zero-order chi connectivity index (χ0) is 13.4. The fraction of sp³-hybridized carbons (Fsp3) is 1.00. The molecule has 0 spiro atoms. The molecule has 108 valence electrons.